The molecule has 22 heavy (non-hydrogen) atoms. The average Bonchev–Trinajstić information content (AvgIpc) is 3.04. The van der Waals surface area contributed by atoms with Crippen molar-refractivity contribution in [1.29, 1.82) is 0 Å². The summed E-state index contributed by atoms with van der Waals surface area (Å²) in [6.45, 7) is 1.64. The molecule has 1 fully saturated rings. The van der Waals surface area contributed by atoms with Crippen molar-refractivity contribution in [3.8, 4) is 0 Å². The zero-order valence-electron chi connectivity index (χ0n) is 12.1. The highest BCUT2D eigenvalue weighted by Crippen LogP contribution is 2.28. The zero-order valence-corrected chi connectivity index (χ0v) is 13.7. The number of piperidine rings is 1. The summed E-state index contributed by atoms with van der Waals surface area (Å²) in [5.41, 5.74) is 0.229. The van der Waals surface area contributed by atoms with Crippen LogP contribution in [0.25, 0.3) is 0 Å². The van der Waals surface area contributed by atoms with E-state index < -0.39 is 5.54 Å². The van der Waals surface area contributed by atoms with Crippen molar-refractivity contribution in [2.45, 2.75) is 18.4 Å². The monoisotopic (exact) mass is 342 g/mol. The van der Waals surface area contributed by atoms with Crippen molar-refractivity contribution in [2.24, 2.45) is 0 Å². The van der Waals surface area contributed by atoms with Gasteiger partial charge in [-0.05, 0) is 44.1 Å². The Morgan fingerprint density at radius 3 is 2.41 bits per heavy atom. The van der Waals surface area contributed by atoms with Gasteiger partial charge in [0, 0.05) is 18.1 Å². The number of hydrogen-bond acceptors (Lipinski definition) is 3. The van der Waals surface area contributed by atoms with E-state index in [0.29, 0.717) is 0 Å². The number of nitrogens with one attached hydrogen (secondary N) is 2. The standard InChI is InChI=1S/C15H18N4O.2ClH/c20-14(18-13-5-2-1-3-6-13)15(7-10-16-11-8-15)19-12-4-9-17-19;;/h1-6,9,12,16H,7-8,10-11H2,(H,18,20);2*1H. The topological polar surface area (TPSA) is 59.0 Å². The van der Waals surface area contributed by atoms with Crippen LogP contribution in [0.3, 0.4) is 0 Å². The molecule has 2 aromatic rings. The Labute approximate surface area is 142 Å². The third kappa shape index (κ3) is 3.61. The maximum Gasteiger partial charge on any atom is 0.252 e. The van der Waals surface area contributed by atoms with Gasteiger partial charge in [-0.2, -0.15) is 5.10 Å². The van der Waals surface area contributed by atoms with Crippen LogP contribution in [0.4, 0.5) is 5.69 Å². The third-order valence-electron chi connectivity index (χ3n) is 3.83. The molecule has 0 spiro atoms. The summed E-state index contributed by atoms with van der Waals surface area (Å²) in [5, 5.41) is 10.6. The van der Waals surface area contributed by atoms with E-state index in [2.05, 4.69) is 15.7 Å². The van der Waals surface area contributed by atoms with Crippen LogP contribution in [0.5, 0.6) is 0 Å². The molecule has 2 N–H and O–H groups in total. The Morgan fingerprint density at radius 2 is 1.82 bits per heavy atom. The van der Waals surface area contributed by atoms with Crippen molar-refractivity contribution in [2.75, 3.05) is 18.4 Å². The van der Waals surface area contributed by atoms with Gasteiger partial charge in [0.15, 0.2) is 0 Å². The molecule has 1 aromatic heterocycles. The van der Waals surface area contributed by atoms with Gasteiger partial charge >= 0.3 is 0 Å². The molecule has 0 atom stereocenters. The molecule has 1 saturated heterocycles. The zero-order chi connectivity index (χ0) is 13.8. The predicted molar refractivity (Wildman–Crippen MR) is 91.9 cm³/mol. The SMILES string of the molecule is Cl.Cl.O=C(Nc1ccccc1)C1(n2cccn2)CCNCC1. The van der Waals surface area contributed by atoms with Gasteiger partial charge in [-0.3, -0.25) is 9.48 Å². The van der Waals surface area contributed by atoms with Crippen molar-refractivity contribution >= 4 is 36.4 Å². The molecule has 3 rings (SSSR count). The van der Waals surface area contributed by atoms with E-state index in [-0.39, 0.29) is 30.7 Å². The number of amides is 1. The molecule has 1 aliphatic heterocycles. The van der Waals surface area contributed by atoms with Gasteiger partial charge in [0.2, 0.25) is 0 Å². The van der Waals surface area contributed by atoms with E-state index in [1.807, 2.05) is 42.6 Å². The number of anilines is 1. The Bertz CT molecular complexity index is 568. The maximum atomic E-state index is 12.8. The Balaban J connectivity index is 0.00000121. The van der Waals surface area contributed by atoms with Crippen LogP contribution in [-0.2, 0) is 10.3 Å². The molecule has 2 heterocycles. The second-order valence-electron chi connectivity index (χ2n) is 5.05. The first kappa shape index (κ1) is 18.5. The van der Waals surface area contributed by atoms with Crippen molar-refractivity contribution in [3.05, 3.63) is 48.8 Å². The van der Waals surface area contributed by atoms with E-state index in [4.69, 9.17) is 0 Å². The van der Waals surface area contributed by atoms with Gasteiger partial charge in [-0.25, -0.2) is 0 Å². The lowest BCUT2D eigenvalue weighted by molar-refractivity contribution is -0.126. The molecule has 1 amide bonds. The normalized spacial score (nSPS) is 16.0. The molecular formula is C15H20Cl2N4O. The summed E-state index contributed by atoms with van der Waals surface area (Å²) >= 11 is 0. The van der Waals surface area contributed by atoms with E-state index in [1.54, 1.807) is 10.9 Å². The number of halogens is 2. The van der Waals surface area contributed by atoms with E-state index in [9.17, 15) is 4.79 Å². The fourth-order valence-corrected chi connectivity index (χ4v) is 2.69. The lowest BCUT2D eigenvalue weighted by atomic mass is 9.87. The molecule has 0 radical (unpaired) electrons. The average molecular weight is 343 g/mol. The summed E-state index contributed by atoms with van der Waals surface area (Å²) in [4.78, 5) is 12.8. The maximum absolute atomic E-state index is 12.8. The molecule has 1 aromatic carbocycles. The Morgan fingerprint density at radius 1 is 1.14 bits per heavy atom. The lowest BCUT2D eigenvalue weighted by Crippen LogP contribution is -2.52. The van der Waals surface area contributed by atoms with Crippen LogP contribution >= 0.6 is 24.8 Å². The molecule has 5 nitrogen and oxygen atoms in total. The van der Waals surface area contributed by atoms with Crippen LogP contribution in [-0.4, -0.2) is 28.8 Å². The van der Waals surface area contributed by atoms with E-state index in [1.165, 1.54) is 0 Å². The van der Waals surface area contributed by atoms with Gasteiger partial charge in [0.1, 0.15) is 5.54 Å². The number of rotatable bonds is 3. The van der Waals surface area contributed by atoms with Crippen molar-refractivity contribution in [3.63, 3.8) is 0 Å². The van der Waals surface area contributed by atoms with Gasteiger partial charge in [0.25, 0.3) is 5.91 Å². The molecule has 0 unspecified atom stereocenters. The molecule has 7 heteroatoms. The molecule has 0 bridgehead atoms. The van der Waals surface area contributed by atoms with Gasteiger partial charge in [-0.1, -0.05) is 18.2 Å². The summed E-state index contributed by atoms with van der Waals surface area (Å²) in [7, 11) is 0. The quantitative estimate of drug-likeness (QED) is 0.900. The minimum atomic E-state index is -0.593. The first-order valence-corrected chi connectivity index (χ1v) is 6.89. The number of hydrogen-bond donors (Lipinski definition) is 2. The van der Waals surface area contributed by atoms with Crippen LogP contribution < -0.4 is 10.6 Å². The smallest absolute Gasteiger partial charge is 0.252 e. The van der Waals surface area contributed by atoms with Gasteiger partial charge in [-0.15, -0.1) is 24.8 Å². The number of carbonyl (C=O) groups is 1. The first-order valence-electron chi connectivity index (χ1n) is 6.89. The predicted octanol–water partition coefficient (Wildman–Crippen LogP) is 2.44. The second-order valence-corrected chi connectivity index (χ2v) is 5.05. The summed E-state index contributed by atoms with van der Waals surface area (Å²) in [6, 6.07) is 11.4. The number of nitrogens with zero attached hydrogens (tertiary/aromatic N) is 2. The highest BCUT2D eigenvalue weighted by molar-refractivity contribution is 5.96. The molecule has 1 aliphatic rings. The first-order chi connectivity index (χ1) is 9.81. The summed E-state index contributed by atoms with van der Waals surface area (Å²) in [5.74, 6) is 0.00824. The van der Waals surface area contributed by atoms with E-state index in [0.717, 1.165) is 31.6 Å². The van der Waals surface area contributed by atoms with Gasteiger partial charge < -0.3 is 10.6 Å². The lowest BCUT2D eigenvalue weighted by Gasteiger charge is -2.36. The summed E-state index contributed by atoms with van der Waals surface area (Å²) in [6.07, 6.45) is 5.08. The van der Waals surface area contributed by atoms with Crippen molar-refractivity contribution < 1.29 is 4.79 Å². The molecule has 0 aliphatic carbocycles. The largest absolute Gasteiger partial charge is 0.324 e. The van der Waals surface area contributed by atoms with Crippen LogP contribution in [0.2, 0.25) is 0 Å². The minimum absolute atomic E-state index is 0. The molecular weight excluding hydrogens is 323 g/mol. The number of benzene rings is 1. The fraction of sp³-hybridized carbons (Fsp3) is 0.333. The highest BCUT2D eigenvalue weighted by Gasteiger charge is 2.41. The van der Waals surface area contributed by atoms with E-state index >= 15 is 0 Å². The van der Waals surface area contributed by atoms with Gasteiger partial charge in [0.05, 0.1) is 0 Å². The Kier molecular flexibility index (Phi) is 6.87. The minimum Gasteiger partial charge on any atom is -0.324 e. The Hall–Kier alpha value is -1.56. The molecule has 120 valence electrons. The van der Waals surface area contributed by atoms with Crippen LogP contribution in [0.15, 0.2) is 48.8 Å². The fourth-order valence-electron chi connectivity index (χ4n) is 2.69. The number of para-hydroxylation sites is 1. The highest BCUT2D eigenvalue weighted by atomic mass is 35.5. The van der Waals surface area contributed by atoms with Crippen LogP contribution in [0, 0.1) is 0 Å². The number of aromatic nitrogens is 2. The van der Waals surface area contributed by atoms with Crippen molar-refractivity contribution in [1.82, 2.24) is 15.1 Å². The second kappa shape index (κ2) is 8.17. The molecule has 0 saturated carbocycles. The van der Waals surface area contributed by atoms with Crippen LogP contribution in [0.1, 0.15) is 12.8 Å². The number of carbonyl (C=O) groups excluding carboxylic acids is 1. The summed E-state index contributed by atoms with van der Waals surface area (Å²) < 4.78 is 1.80. The third-order valence-corrected chi connectivity index (χ3v) is 3.83.